The molecular weight excluding hydrogens is 369 g/mol. The number of alkyl halides is 3. The van der Waals surface area contributed by atoms with E-state index in [-0.39, 0.29) is 12.5 Å². The number of nitrogens with zero attached hydrogens (tertiary/aromatic N) is 1. The summed E-state index contributed by atoms with van der Waals surface area (Å²) in [4.78, 5) is 12.4. The fourth-order valence-electron chi connectivity index (χ4n) is 2.64. The standard InChI is InChI=1S/C21H19F3N2O2/c22-21(23,24)15-28-14-17-8-6-16(7-9-17)13-25-20(27)18-4-3-5-19(12-18)26-10-1-2-11-26/h1-12H,13-15H2,(H,25,27). The summed E-state index contributed by atoms with van der Waals surface area (Å²) in [7, 11) is 0. The van der Waals surface area contributed by atoms with E-state index < -0.39 is 12.8 Å². The average molecular weight is 388 g/mol. The van der Waals surface area contributed by atoms with Crippen molar-refractivity contribution in [3.8, 4) is 5.69 Å². The van der Waals surface area contributed by atoms with E-state index >= 15 is 0 Å². The number of hydrogen-bond acceptors (Lipinski definition) is 2. The molecule has 1 heterocycles. The van der Waals surface area contributed by atoms with E-state index in [1.165, 1.54) is 0 Å². The molecule has 3 rings (SSSR count). The molecule has 3 aromatic rings. The van der Waals surface area contributed by atoms with Crippen molar-refractivity contribution in [2.75, 3.05) is 6.61 Å². The van der Waals surface area contributed by atoms with Crippen molar-refractivity contribution in [3.05, 3.63) is 89.7 Å². The van der Waals surface area contributed by atoms with Crippen LogP contribution in [0.4, 0.5) is 13.2 Å². The third-order valence-electron chi connectivity index (χ3n) is 4.02. The Morgan fingerprint density at radius 1 is 0.964 bits per heavy atom. The molecule has 2 aromatic carbocycles. The second kappa shape index (κ2) is 8.75. The molecule has 4 nitrogen and oxygen atoms in total. The molecule has 0 aliphatic heterocycles. The SMILES string of the molecule is O=C(NCc1ccc(COCC(F)(F)F)cc1)c1cccc(-n2cccc2)c1. The van der Waals surface area contributed by atoms with Crippen LogP contribution in [0.15, 0.2) is 73.1 Å². The first kappa shape index (κ1) is 19.7. The highest BCUT2D eigenvalue weighted by molar-refractivity contribution is 5.94. The van der Waals surface area contributed by atoms with Crippen LogP contribution in [-0.4, -0.2) is 23.3 Å². The van der Waals surface area contributed by atoms with Crippen molar-refractivity contribution >= 4 is 5.91 Å². The van der Waals surface area contributed by atoms with Gasteiger partial charge in [0.1, 0.15) is 6.61 Å². The number of carbonyl (C=O) groups excluding carboxylic acids is 1. The van der Waals surface area contributed by atoms with Crippen molar-refractivity contribution in [3.63, 3.8) is 0 Å². The maximum atomic E-state index is 12.4. The minimum absolute atomic E-state index is 0.113. The normalized spacial score (nSPS) is 11.4. The maximum Gasteiger partial charge on any atom is 0.411 e. The molecule has 0 radical (unpaired) electrons. The largest absolute Gasteiger partial charge is 0.411 e. The molecule has 146 valence electrons. The van der Waals surface area contributed by atoms with Gasteiger partial charge in [0.05, 0.1) is 6.61 Å². The predicted molar refractivity (Wildman–Crippen MR) is 99.1 cm³/mol. The van der Waals surface area contributed by atoms with E-state index in [1.807, 2.05) is 41.2 Å². The molecule has 7 heteroatoms. The zero-order chi connectivity index (χ0) is 20.0. The lowest BCUT2D eigenvalue weighted by Gasteiger charge is -2.09. The lowest BCUT2D eigenvalue weighted by molar-refractivity contribution is -0.176. The molecule has 0 aliphatic carbocycles. The molecule has 0 saturated heterocycles. The second-order valence-corrected chi connectivity index (χ2v) is 6.25. The van der Waals surface area contributed by atoms with Crippen LogP contribution in [0.2, 0.25) is 0 Å². The van der Waals surface area contributed by atoms with Gasteiger partial charge in [0.15, 0.2) is 0 Å². The number of halogens is 3. The first-order valence-electron chi connectivity index (χ1n) is 8.65. The monoisotopic (exact) mass is 388 g/mol. The molecule has 1 amide bonds. The number of amides is 1. The maximum absolute atomic E-state index is 12.4. The Balaban J connectivity index is 1.53. The van der Waals surface area contributed by atoms with E-state index in [1.54, 1.807) is 36.4 Å². The van der Waals surface area contributed by atoms with Crippen LogP contribution in [-0.2, 0) is 17.9 Å². The fraction of sp³-hybridized carbons (Fsp3) is 0.190. The molecule has 0 atom stereocenters. The third kappa shape index (κ3) is 5.72. The van der Waals surface area contributed by atoms with Gasteiger partial charge in [0.2, 0.25) is 0 Å². The van der Waals surface area contributed by atoms with Crippen molar-refractivity contribution in [1.82, 2.24) is 9.88 Å². The van der Waals surface area contributed by atoms with Gasteiger partial charge in [-0.15, -0.1) is 0 Å². The Kier molecular flexibility index (Phi) is 6.16. The quantitative estimate of drug-likeness (QED) is 0.648. The van der Waals surface area contributed by atoms with E-state index in [0.29, 0.717) is 17.7 Å². The summed E-state index contributed by atoms with van der Waals surface area (Å²) in [6, 6.07) is 18.0. The highest BCUT2D eigenvalue weighted by atomic mass is 19.4. The molecule has 0 spiro atoms. The van der Waals surface area contributed by atoms with Crippen LogP contribution in [0.1, 0.15) is 21.5 Å². The zero-order valence-electron chi connectivity index (χ0n) is 14.9. The van der Waals surface area contributed by atoms with Gasteiger partial charge in [-0.1, -0.05) is 30.3 Å². The highest BCUT2D eigenvalue weighted by Crippen LogP contribution is 2.16. The Hall–Kier alpha value is -3.06. The van der Waals surface area contributed by atoms with Crippen LogP contribution in [0, 0.1) is 0 Å². The third-order valence-corrected chi connectivity index (χ3v) is 4.02. The smallest absolute Gasteiger partial charge is 0.367 e. The van der Waals surface area contributed by atoms with E-state index in [2.05, 4.69) is 10.1 Å². The van der Waals surface area contributed by atoms with Crippen molar-refractivity contribution in [1.29, 1.82) is 0 Å². The summed E-state index contributed by atoms with van der Waals surface area (Å²) in [5.41, 5.74) is 2.91. The average Bonchev–Trinajstić information content (AvgIpc) is 3.21. The number of aromatic nitrogens is 1. The molecule has 1 aromatic heterocycles. The molecular formula is C21H19F3N2O2. The van der Waals surface area contributed by atoms with Gasteiger partial charge in [-0.2, -0.15) is 13.2 Å². The Bertz CT molecular complexity index is 904. The number of carbonyl (C=O) groups is 1. The Labute approximate surface area is 160 Å². The summed E-state index contributed by atoms with van der Waals surface area (Å²) in [6.45, 7) is -1.07. The summed E-state index contributed by atoms with van der Waals surface area (Å²) >= 11 is 0. The van der Waals surface area contributed by atoms with Crippen LogP contribution >= 0.6 is 0 Å². The van der Waals surface area contributed by atoms with Crippen molar-refractivity contribution in [2.24, 2.45) is 0 Å². The van der Waals surface area contributed by atoms with Gasteiger partial charge in [-0.05, 0) is 41.5 Å². The van der Waals surface area contributed by atoms with E-state index in [9.17, 15) is 18.0 Å². The van der Waals surface area contributed by atoms with Gasteiger partial charge < -0.3 is 14.6 Å². The summed E-state index contributed by atoms with van der Waals surface area (Å²) in [5, 5.41) is 2.84. The van der Waals surface area contributed by atoms with Crippen LogP contribution in [0.25, 0.3) is 5.69 Å². The topological polar surface area (TPSA) is 43.3 Å². The van der Waals surface area contributed by atoms with Crippen LogP contribution in [0.3, 0.4) is 0 Å². The highest BCUT2D eigenvalue weighted by Gasteiger charge is 2.27. The summed E-state index contributed by atoms with van der Waals surface area (Å²) in [6.07, 6.45) is -0.531. The number of benzene rings is 2. The number of rotatable bonds is 7. The molecule has 0 aliphatic rings. The number of hydrogen-bond donors (Lipinski definition) is 1. The van der Waals surface area contributed by atoms with Gasteiger partial charge in [-0.3, -0.25) is 4.79 Å². The summed E-state index contributed by atoms with van der Waals surface area (Å²) in [5.74, 6) is -0.202. The minimum atomic E-state index is -4.33. The van der Waals surface area contributed by atoms with E-state index in [4.69, 9.17) is 0 Å². The molecule has 0 fully saturated rings. The Morgan fingerprint density at radius 2 is 1.64 bits per heavy atom. The van der Waals surface area contributed by atoms with Gasteiger partial charge in [0, 0.05) is 30.2 Å². The Morgan fingerprint density at radius 3 is 2.32 bits per heavy atom. The van der Waals surface area contributed by atoms with Gasteiger partial charge in [0.25, 0.3) is 5.91 Å². The zero-order valence-corrected chi connectivity index (χ0v) is 14.9. The molecule has 28 heavy (non-hydrogen) atoms. The molecule has 0 unspecified atom stereocenters. The van der Waals surface area contributed by atoms with E-state index in [0.717, 1.165) is 11.3 Å². The molecule has 1 N–H and O–H groups in total. The van der Waals surface area contributed by atoms with Crippen LogP contribution in [0.5, 0.6) is 0 Å². The molecule has 0 bridgehead atoms. The molecule has 0 saturated carbocycles. The van der Waals surface area contributed by atoms with Gasteiger partial charge in [-0.25, -0.2) is 0 Å². The van der Waals surface area contributed by atoms with Crippen LogP contribution < -0.4 is 5.32 Å². The van der Waals surface area contributed by atoms with Gasteiger partial charge >= 0.3 is 6.18 Å². The first-order valence-corrected chi connectivity index (χ1v) is 8.65. The van der Waals surface area contributed by atoms with Crippen molar-refractivity contribution < 1.29 is 22.7 Å². The number of nitrogens with one attached hydrogen (secondary N) is 1. The number of ether oxygens (including phenoxy) is 1. The first-order chi connectivity index (χ1) is 13.4. The minimum Gasteiger partial charge on any atom is -0.367 e. The fourth-order valence-corrected chi connectivity index (χ4v) is 2.64. The summed E-state index contributed by atoms with van der Waals surface area (Å²) < 4.78 is 42.8. The van der Waals surface area contributed by atoms with Crippen molar-refractivity contribution in [2.45, 2.75) is 19.3 Å². The predicted octanol–water partition coefficient (Wildman–Crippen LogP) is 4.49. The second-order valence-electron chi connectivity index (χ2n) is 6.25. The lowest BCUT2D eigenvalue weighted by Crippen LogP contribution is -2.22. The lowest BCUT2D eigenvalue weighted by atomic mass is 10.1.